The van der Waals surface area contributed by atoms with Crippen molar-refractivity contribution >= 4 is 19.9 Å². The lowest BCUT2D eigenvalue weighted by Crippen LogP contribution is -2.42. The molecule has 0 spiro atoms. The van der Waals surface area contributed by atoms with Crippen LogP contribution in [0.2, 0.25) is 0 Å². The van der Waals surface area contributed by atoms with Crippen molar-refractivity contribution in [1.29, 1.82) is 0 Å². The van der Waals surface area contributed by atoms with E-state index < -0.39 is 42.6 Å². The number of sulfonamides is 1. The third-order valence-electron chi connectivity index (χ3n) is 5.25. The molecule has 0 aliphatic carbocycles. The second-order valence-electron chi connectivity index (χ2n) is 7.27. The van der Waals surface area contributed by atoms with Crippen LogP contribution in [-0.2, 0) is 31.8 Å². The number of methoxy groups -OCH3 is 1. The van der Waals surface area contributed by atoms with E-state index in [2.05, 4.69) is 0 Å². The molecule has 1 aliphatic rings. The maximum absolute atomic E-state index is 12.8. The standard InChI is InChI=1S/C20H22F3NO5S2/c1-29-17-6-8-18(9-7-17)31(27,28)19-10-12-24(13-11-19)30(25,26)14-15-2-4-16(5-3-15)20(21,22)23/h2-9,19H,10-14H2,1H3. The predicted octanol–water partition coefficient (Wildman–Crippen LogP) is 3.48. The van der Waals surface area contributed by atoms with Crippen LogP contribution in [0.3, 0.4) is 0 Å². The van der Waals surface area contributed by atoms with E-state index >= 15 is 0 Å². The zero-order valence-corrected chi connectivity index (χ0v) is 18.3. The molecule has 0 atom stereocenters. The van der Waals surface area contributed by atoms with Crippen LogP contribution in [0.5, 0.6) is 5.75 Å². The zero-order valence-electron chi connectivity index (χ0n) is 16.7. The van der Waals surface area contributed by atoms with Gasteiger partial charge in [-0.05, 0) is 54.8 Å². The Morgan fingerprint density at radius 1 is 0.935 bits per heavy atom. The molecule has 0 bridgehead atoms. The molecule has 2 aromatic carbocycles. The van der Waals surface area contributed by atoms with Crippen molar-refractivity contribution in [3.63, 3.8) is 0 Å². The first-order valence-electron chi connectivity index (χ1n) is 9.45. The fourth-order valence-corrected chi connectivity index (χ4v) is 6.77. The van der Waals surface area contributed by atoms with E-state index in [1.54, 1.807) is 12.1 Å². The van der Waals surface area contributed by atoms with Crippen LogP contribution in [0.15, 0.2) is 53.4 Å². The Labute approximate surface area is 179 Å². The summed E-state index contributed by atoms with van der Waals surface area (Å²) in [5.41, 5.74) is -0.612. The summed E-state index contributed by atoms with van der Waals surface area (Å²) in [6.07, 6.45) is -4.21. The number of benzene rings is 2. The van der Waals surface area contributed by atoms with Gasteiger partial charge in [-0.1, -0.05) is 12.1 Å². The molecular formula is C20H22F3NO5S2. The summed E-state index contributed by atoms with van der Waals surface area (Å²) in [6.45, 7) is 0.0615. The molecule has 0 amide bonds. The Hall–Kier alpha value is -2.11. The third kappa shape index (κ3) is 5.39. The highest BCUT2D eigenvalue weighted by atomic mass is 32.2. The fraction of sp³-hybridized carbons (Fsp3) is 0.400. The van der Waals surface area contributed by atoms with Gasteiger partial charge in [0.1, 0.15) is 5.75 Å². The second-order valence-corrected chi connectivity index (χ2v) is 11.5. The van der Waals surface area contributed by atoms with Crippen LogP contribution >= 0.6 is 0 Å². The van der Waals surface area contributed by atoms with Gasteiger partial charge < -0.3 is 4.74 Å². The smallest absolute Gasteiger partial charge is 0.416 e. The molecule has 0 saturated carbocycles. The molecule has 170 valence electrons. The van der Waals surface area contributed by atoms with E-state index in [4.69, 9.17) is 4.74 Å². The van der Waals surface area contributed by atoms with Gasteiger partial charge in [0.05, 0.1) is 28.6 Å². The van der Waals surface area contributed by atoms with Crippen molar-refractivity contribution in [3.8, 4) is 5.75 Å². The summed E-state index contributed by atoms with van der Waals surface area (Å²) in [4.78, 5) is 0.152. The lowest BCUT2D eigenvalue weighted by Gasteiger charge is -2.31. The van der Waals surface area contributed by atoms with Gasteiger partial charge in [0.25, 0.3) is 0 Å². The second kappa shape index (κ2) is 8.79. The minimum absolute atomic E-state index is 0.0308. The first-order chi connectivity index (χ1) is 14.4. The van der Waals surface area contributed by atoms with Crippen molar-refractivity contribution < 1.29 is 34.7 Å². The molecule has 0 aromatic heterocycles. The number of hydrogen-bond donors (Lipinski definition) is 0. The molecule has 11 heteroatoms. The number of alkyl halides is 3. The molecule has 31 heavy (non-hydrogen) atoms. The van der Waals surface area contributed by atoms with E-state index in [1.165, 1.54) is 23.5 Å². The molecule has 0 N–H and O–H groups in total. The Bertz CT molecular complexity index is 1100. The summed E-state index contributed by atoms with van der Waals surface area (Å²) in [6, 6.07) is 10.00. The number of piperidine rings is 1. The minimum Gasteiger partial charge on any atom is -0.497 e. The first kappa shape index (κ1) is 23.6. The molecule has 1 fully saturated rings. The number of rotatable bonds is 6. The number of sulfone groups is 1. The fourth-order valence-electron chi connectivity index (χ4n) is 3.47. The van der Waals surface area contributed by atoms with Crippen LogP contribution in [-0.4, -0.2) is 46.6 Å². The molecular weight excluding hydrogens is 455 g/mol. The summed E-state index contributed by atoms with van der Waals surface area (Å²) < 4.78 is 95.2. The number of ether oxygens (including phenoxy) is 1. The molecule has 3 rings (SSSR count). The van der Waals surface area contributed by atoms with Gasteiger partial charge in [-0.25, -0.2) is 21.1 Å². The lowest BCUT2D eigenvalue weighted by molar-refractivity contribution is -0.137. The SMILES string of the molecule is COc1ccc(S(=O)(=O)C2CCN(S(=O)(=O)Cc3ccc(C(F)(F)F)cc3)CC2)cc1. The summed E-state index contributed by atoms with van der Waals surface area (Å²) in [7, 11) is -5.93. The Balaban J connectivity index is 1.65. The monoisotopic (exact) mass is 477 g/mol. The van der Waals surface area contributed by atoms with E-state index in [1.807, 2.05) is 0 Å². The van der Waals surface area contributed by atoms with Crippen LogP contribution < -0.4 is 4.74 Å². The predicted molar refractivity (Wildman–Crippen MR) is 109 cm³/mol. The highest BCUT2D eigenvalue weighted by molar-refractivity contribution is 7.92. The Kier molecular flexibility index (Phi) is 6.68. The normalized spacial score (nSPS) is 16.9. The van der Waals surface area contributed by atoms with Crippen molar-refractivity contribution in [2.24, 2.45) is 0 Å². The summed E-state index contributed by atoms with van der Waals surface area (Å²) in [5, 5.41) is -0.710. The average molecular weight is 478 g/mol. The van der Waals surface area contributed by atoms with E-state index in [0.717, 1.165) is 24.3 Å². The largest absolute Gasteiger partial charge is 0.497 e. The molecule has 1 saturated heterocycles. The van der Waals surface area contributed by atoms with Gasteiger partial charge in [0.2, 0.25) is 10.0 Å². The van der Waals surface area contributed by atoms with Gasteiger partial charge in [-0.3, -0.25) is 0 Å². The van der Waals surface area contributed by atoms with Crippen molar-refractivity contribution in [1.82, 2.24) is 4.31 Å². The minimum atomic E-state index is -4.49. The lowest BCUT2D eigenvalue weighted by atomic mass is 10.1. The molecule has 6 nitrogen and oxygen atoms in total. The molecule has 0 radical (unpaired) electrons. The highest BCUT2D eigenvalue weighted by Crippen LogP contribution is 2.30. The van der Waals surface area contributed by atoms with Gasteiger partial charge in [-0.15, -0.1) is 0 Å². The van der Waals surface area contributed by atoms with E-state index in [-0.39, 0.29) is 36.4 Å². The zero-order chi connectivity index (χ0) is 22.9. The van der Waals surface area contributed by atoms with Crippen LogP contribution in [0.25, 0.3) is 0 Å². The quantitative estimate of drug-likeness (QED) is 0.636. The van der Waals surface area contributed by atoms with E-state index in [9.17, 15) is 30.0 Å². The number of hydrogen-bond acceptors (Lipinski definition) is 5. The van der Waals surface area contributed by atoms with Crippen LogP contribution in [0.4, 0.5) is 13.2 Å². The van der Waals surface area contributed by atoms with Crippen molar-refractivity contribution in [2.75, 3.05) is 20.2 Å². The maximum atomic E-state index is 12.8. The molecule has 1 aliphatic heterocycles. The van der Waals surface area contributed by atoms with Crippen LogP contribution in [0, 0.1) is 0 Å². The Morgan fingerprint density at radius 2 is 1.48 bits per heavy atom. The molecule has 2 aromatic rings. The third-order valence-corrected chi connectivity index (χ3v) is 9.38. The number of nitrogens with zero attached hydrogens (tertiary/aromatic N) is 1. The van der Waals surface area contributed by atoms with Crippen molar-refractivity contribution in [3.05, 3.63) is 59.7 Å². The van der Waals surface area contributed by atoms with Gasteiger partial charge >= 0.3 is 6.18 Å². The number of halogens is 3. The molecule has 0 unspecified atom stereocenters. The van der Waals surface area contributed by atoms with Crippen molar-refractivity contribution in [2.45, 2.75) is 34.9 Å². The Morgan fingerprint density at radius 3 is 1.97 bits per heavy atom. The summed E-state index contributed by atoms with van der Waals surface area (Å²) >= 11 is 0. The first-order valence-corrected chi connectivity index (χ1v) is 12.6. The van der Waals surface area contributed by atoms with Gasteiger partial charge in [-0.2, -0.15) is 13.2 Å². The average Bonchev–Trinajstić information content (AvgIpc) is 2.73. The van der Waals surface area contributed by atoms with Crippen LogP contribution in [0.1, 0.15) is 24.0 Å². The van der Waals surface area contributed by atoms with E-state index in [0.29, 0.717) is 5.75 Å². The topological polar surface area (TPSA) is 80.8 Å². The maximum Gasteiger partial charge on any atom is 0.416 e. The molecule has 1 heterocycles. The highest BCUT2D eigenvalue weighted by Gasteiger charge is 2.35. The summed E-state index contributed by atoms with van der Waals surface area (Å²) in [5.74, 6) is 0.0873. The van der Waals surface area contributed by atoms with Gasteiger partial charge in [0.15, 0.2) is 9.84 Å². The van der Waals surface area contributed by atoms with Gasteiger partial charge in [0, 0.05) is 13.1 Å².